The molecule has 1 fully saturated rings. The Morgan fingerprint density at radius 3 is 2.57 bits per heavy atom. The van der Waals surface area contributed by atoms with E-state index in [-0.39, 0.29) is 11.8 Å². The monoisotopic (exact) mass is 481 g/mol. The number of carbonyl (C=O) groups is 1. The van der Waals surface area contributed by atoms with Crippen LogP contribution in [0.3, 0.4) is 0 Å². The molecule has 184 valence electrons. The topological polar surface area (TPSA) is 80.1 Å². The van der Waals surface area contributed by atoms with Crippen molar-refractivity contribution in [3.8, 4) is 5.69 Å². The van der Waals surface area contributed by atoms with Crippen LogP contribution in [0.2, 0.25) is 0 Å². The van der Waals surface area contributed by atoms with Gasteiger partial charge < -0.3 is 14.4 Å². The van der Waals surface area contributed by atoms with Crippen molar-refractivity contribution in [3.05, 3.63) is 59.4 Å². The van der Waals surface area contributed by atoms with E-state index in [0.29, 0.717) is 25.1 Å². The minimum absolute atomic E-state index is 0.131. The van der Waals surface area contributed by atoms with E-state index < -0.39 is 23.0 Å². The average Bonchev–Trinajstić information content (AvgIpc) is 3.41. The highest BCUT2D eigenvalue weighted by molar-refractivity contribution is 5.99. The quantitative estimate of drug-likeness (QED) is 0.350. The number of carboxylic acids is 1. The lowest BCUT2D eigenvalue weighted by atomic mass is 9.75. The van der Waals surface area contributed by atoms with Crippen molar-refractivity contribution in [1.29, 1.82) is 0 Å². The van der Waals surface area contributed by atoms with E-state index in [9.17, 15) is 18.7 Å². The summed E-state index contributed by atoms with van der Waals surface area (Å²) in [6, 6.07) is 8.06. The fourth-order valence-corrected chi connectivity index (χ4v) is 5.78. The van der Waals surface area contributed by atoms with Crippen LogP contribution >= 0.6 is 0 Å². The summed E-state index contributed by atoms with van der Waals surface area (Å²) in [6.45, 7) is 4.59. The van der Waals surface area contributed by atoms with Crippen LogP contribution in [0.4, 0.5) is 8.78 Å². The summed E-state index contributed by atoms with van der Waals surface area (Å²) in [7, 11) is 1.65. The van der Waals surface area contributed by atoms with Crippen molar-refractivity contribution in [1.82, 2.24) is 14.8 Å². The number of ether oxygens (including phenoxy) is 1. The van der Waals surface area contributed by atoms with Gasteiger partial charge in [0, 0.05) is 40.7 Å². The van der Waals surface area contributed by atoms with Gasteiger partial charge in [0.15, 0.2) is 11.6 Å². The normalized spacial score (nSPS) is 19.0. The van der Waals surface area contributed by atoms with Gasteiger partial charge in [0.25, 0.3) is 0 Å². The molecule has 4 aromatic rings. The molecule has 0 saturated heterocycles. The number of methoxy groups -OCH3 is 1. The second kappa shape index (κ2) is 8.75. The maximum absolute atomic E-state index is 14.4. The van der Waals surface area contributed by atoms with Gasteiger partial charge in [-0.25, -0.2) is 8.78 Å². The molecule has 1 aliphatic carbocycles. The number of nitrogens with one attached hydrogen (secondary N) is 1. The summed E-state index contributed by atoms with van der Waals surface area (Å²) in [4.78, 5) is 11.6. The number of nitrogens with zero attached hydrogens (tertiary/aromatic N) is 2. The molecule has 0 bridgehead atoms. The second-order valence-corrected chi connectivity index (χ2v) is 10.2. The maximum Gasteiger partial charge on any atom is 0.306 e. The van der Waals surface area contributed by atoms with Gasteiger partial charge in [-0.3, -0.25) is 9.89 Å². The first-order valence-corrected chi connectivity index (χ1v) is 11.9. The first-order valence-electron chi connectivity index (χ1n) is 11.9. The summed E-state index contributed by atoms with van der Waals surface area (Å²) >= 11 is 0. The number of aromatic nitrogens is 3. The number of aliphatic carboxylic acids is 1. The van der Waals surface area contributed by atoms with Crippen LogP contribution in [0, 0.1) is 17.6 Å². The number of rotatable bonds is 6. The first-order chi connectivity index (χ1) is 16.7. The Balaban J connectivity index is 1.83. The Labute approximate surface area is 201 Å². The van der Waals surface area contributed by atoms with E-state index in [1.807, 2.05) is 10.6 Å². The van der Waals surface area contributed by atoms with Crippen LogP contribution in [-0.2, 0) is 14.9 Å². The van der Waals surface area contributed by atoms with Gasteiger partial charge in [0.2, 0.25) is 0 Å². The molecule has 2 aromatic heterocycles. The fourth-order valence-electron chi connectivity index (χ4n) is 5.78. The summed E-state index contributed by atoms with van der Waals surface area (Å²) in [6.07, 6.45) is 4.44. The zero-order chi connectivity index (χ0) is 24.9. The van der Waals surface area contributed by atoms with Crippen molar-refractivity contribution in [2.45, 2.75) is 50.9 Å². The van der Waals surface area contributed by atoms with Crippen LogP contribution in [0.5, 0.6) is 0 Å². The summed E-state index contributed by atoms with van der Waals surface area (Å²) < 4.78 is 35.9. The molecular weight excluding hydrogens is 452 g/mol. The molecule has 2 aromatic carbocycles. The van der Waals surface area contributed by atoms with Crippen LogP contribution < -0.4 is 0 Å². The highest BCUT2D eigenvalue weighted by Crippen LogP contribution is 2.47. The van der Waals surface area contributed by atoms with Crippen LogP contribution in [0.15, 0.2) is 36.5 Å². The number of H-pyrrole nitrogens is 1. The molecule has 0 unspecified atom stereocenters. The molecule has 6 nitrogen and oxygen atoms in total. The van der Waals surface area contributed by atoms with Gasteiger partial charge >= 0.3 is 5.97 Å². The van der Waals surface area contributed by atoms with Crippen molar-refractivity contribution < 1.29 is 23.4 Å². The molecule has 8 heteroatoms. The number of hydrogen-bond donors (Lipinski definition) is 2. The van der Waals surface area contributed by atoms with Gasteiger partial charge in [-0.15, -0.1) is 0 Å². The highest BCUT2D eigenvalue weighted by atomic mass is 19.2. The zero-order valence-corrected chi connectivity index (χ0v) is 20.1. The largest absolute Gasteiger partial charge is 0.481 e. The lowest BCUT2D eigenvalue weighted by Gasteiger charge is -2.32. The van der Waals surface area contributed by atoms with E-state index in [1.54, 1.807) is 19.4 Å². The molecule has 0 amide bonds. The Morgan fingerprint density at radius 2 is 1.91 bits per heavy atom. The Bertz CT molecular complexity index is 1410. The SMILES string of the molecule is COCC(C)(C)c1c([C@H]2CC[C@H](C(=O)O)CC2)c2cc3[nH]ncc3cc2n1-c1ccc(F)c(F)c1. The second-order valence-electron chi connectivity index (χ2n) is 10.2. The predicted octanol–water partition coefficient (Wildman–Crippen LogP) is 6.07. The predicted molar refractivity (Wildman–Crippen MR) is 130 cm³/mol. The zero-order valence-electron chi connectivity index (χ0n) is 20.1. The first kappa shape index (κ1) is 23.5. The number of carboxylic acid groups (broad SMARTS) is 1. The Hall–Kier alpha value is -3.26. The number of hydrogen-bond acceptors (Lipinski definition) is 3. The van der Waals surface area contributed by atoms with Crippen molar-refractivity contribution in [3.63, 3.8) is 0 Å². The molecule has 5 rings (SSSR count). The summed E-state index contributed by atoms with van der Waals surface area (Å²) in [5.74, 6) is -2.75. The molecule has 2 heterocycles. The lowest BCUT2D eigenvalue weighted by molar-refractivity contribution is -0.142. The molecular formula is C27H29F2N3O3. The van der Waals surface area contributed by atoms with Crippen LogP contribution in [0.25, 0.3) is 27.5 Å². The molecule has 1 saturated carbocycles. The third-order valence-electron chi connectivity index (χ3n) is 7.36. The lowest BCUT2D eigenvalue weighted by Crippen LogP contribution is -2.29. The molecule has 0 spiro atoms. The van der Waals surface area contributed by atoms with E-state index in [4.69, 9.17) is 4.74 Å². The molecule has 0 radical (unpaired) electrons. The van der Waals surface area contributed by atoms with E-state index in [2.05, 4.69) is 30.1 Å². The van der Waals surface area contributed by atoms with Gasteiger partial charge in [-0.1, -0.05) is 13.8 Å². The van der Waals surface area contributed by atoms with E-state index in [1.165, 1.54) is 6.07 Å². The minimum Gasteiger partial charge on any atom is -0.481 e. The Kier molecular flexibility index (Phi) is 5.87. The number of benzene rings is 2. The van der Waals surface area contributed by atoms with Crippen molar-refractivity contribution in [2.75, 3.05) is 13.7 Å². The summed E-state index contributed by atoms with van der Waals surface area (Å²) in [5, 5.41) is 18.7. The molecule has 2 N–H and O–H groups in total. The highest BCUT2D eigenvalue weighted by Gasteiger charge is 2.37. The van der Waals surface area contributed by atoms with Gasteiger partial charge in [-0.2, -0.15) is 5.10 Å². The number of fused-ring (bicyclic) bond motifs is 2. The third-order valence-corrected chi connectivity index (χ3v) is 7.36. The van der Waals surface area contributed by atoms with E-state index in [0.717, 1.165) is 52.0 Å². The van der Waals surface area contributed by atoms with Gasteiger partial charge in [0.1, 0.15) is 0 Å². The fraction of sp³-hybridized carbons (Fsp3) is 0.407. The smallest absolute Gasteiger partial charge is 0.306 e. The van der Waals surface area contributed by atoms with Crippen LogP contribution in [-0.4, -0.2) is 39.6 Å². The molecule has 0 aliphatic heterocycles. The molecule has 1 aliphatic rings. The maximum atomic E-state index is 14.4. The van der Waals surface area contributed by atoms with Crippen molar-refractivity contribution in [2.24, 2.45) is 5.92 Å². The van der Waals surface area contributed by atoms with Crippen molar-refractivity contribution >= 4 is 27.8 Å². The Morgan fingerprint density at radius 1 is 1.17 bits per heavy atom. The summed E-state index contributed by atoms with van der Waals surface area (Å²) in [5.41, 5.74) is 3.91. The third kappa shape index (κ3) is 3.99. The molecule has 35 heavy (non-hydrogen) atoms. The standard InChI is InChI=1S/C27H29F2N3O3/c1-27(2,14-35-3)25-24(15-4-6-16(7-5-15)26(33)34)19-12-22-17(13-30-31-22)10-23(19)32(25)18-8-9-20(28)21(29)11-18/h8-13,15-16H,4-7,14H2,1-3H3,(H,30,31)(H,33,34)/t15-,16-. The molecule has 0 atom stereocenters. The number of aromatic amines is 1. The van der Waals surface area contributed by atoms with Crippen LogP contribution in [0.1, 0.15) is 56.7 Å². The van der Waals surface area contributed by atoms with Gasteiger partial charge in [0.05, 0.1) is 29.8 Å². The van der Waals surface area contributed by atoms with Gasteiger partial charge in [-0.05, 0) is 61.4 Å². The van der Waals surface area contributed by atoms with E-state index >= 15 is 0 Å². The number of halogens is 2. The minimum atomic E-state index is -0.909. The average molecular weight is 482 g/mol.